The standard InChI is InChI=1S/C7H6ClF3N2/c1-3-4(7(9,10)11)2-13-6(8)5(3)12/h2H,12H2,1H3. The lowest BCUT2D eigenvalue weighted by Gasteiger charge is -2.11. The van der Waals surface area contributed by atoms with Crippen molar-refractivity contribution in [3.8, 4) is 0 Å². The lowest BCUT2D eigenvalue weighted by molar-refractivity contribution is -0.138. The summed E-state index contributed by atoms with van der Waals surface area (Å²) in [6, 6.07) is 0. The van der Waals surface area contributed by atoms with Gasteiger partial charge in [-0.25, -0.2) is 4.98 Å². The Morgan fingerprint density at radius 1 is 1.46 bits per heavy atom. The summed E-state index contributed by atoms with van der Waals surface area (Å²) >= 11 is 5.43. The van der Waals surface area contributed by atoms with Crippen molar-refractivity contribution in [1.29, 1.82) is 0 Å². The fraction of sp³-hybridized carbons (Fsp3) is 0.286. The monoisotopic (exact) mass is 210 g/mol. The van der Waals surface area contributed by atoms with Crippen molar-refractivity contribution < 1.29 is 13.2 Å². The van der Waals surface area contributed by atoms with Gasteiger partial charge in [0.2, 0.25) is 0 Å². The maximum Gasteiger partial charge on any atom is 0.418 e. The van der Waals surface area contributed by atoms with E-state index < -0.39 is 11.7 Å². The molecule has 6 heteroatoms. The van der Waals surface area contributed by atoms with Crippen LogP contribution >= 0.6 is 11.6 Å². The number of nitrogens with zero attached hydrogens (tertiary/aromatic N) is 1. The molecule has 72 valence electrons. The average molecular weight is 211 g/mol. The van der Waals surface area contributed by atoms with Gasteiger partial charge in [0.15, 0.2) is 5.15 Å². The van der Waals surface area contributed by atoms with E-state index >= 15 is 0 Å². The van der Waals surface area contributed by atoms with E-state index in [-0.39, 0.29) is 16.4 Å². The predicted molar refractivity (Wildman–Crippen MR) is 43.4 cm³/mol. The zero-order valence-corrected chi connectivity index (χ0v) is 7.37. The van der Waals surface area contributed by atoms with E-state index in [1.807, 2.05) is 0 Å². The molecule has 0 bridgehead atoms. The first-order chi connectivity index (χ1) is 5.84. The smallest absolute Gasteiger partial charge is 0.396 e. The van der Waals surface area contributed by atoms with Gasteiger partial charge in [0, 0.05) is 6.20 Å². The van der Waals surface area contributed by atoms with E-state index in [1.165, 1.54) is 6.92 Å². The summed E-state index contributed by atoms with van der Waals surface area (Å²) in [5.74, 6) is 0. The minimum absolute atomic E-state index is 0.0903. The first-order valence-electron chi connectivity index (χ1n) is 3.32. The van der Waals surface area contributed by atoms with Crippen molar-refractivity contribution in [3.63, 3.8) is 0 Å². The van der Waals surface area contributed by atoms with Crippen molar-refractivity contribution in [3.05, 3.63) is 22.5 Å². The van der Waals surface area contributed by atoms with E-state index in [4.69, 9.17) is 17.3 Å². The Labute approximate surface area is 77.5 Å². The molecule has 0 aliphatic carbocycles. The summed E-state index contributed by atoms with van der Waals surface area (Å²) in [5.41, 5.74) is 4.21. The van der Waals surface area contributed by atoms with Crippen LogP contribution in [0.4, 0.5) is 18.9 Å². The third-order valence-corrected chi connectivity index (χ3v) is 1.94. The molecule has 0 unspecified atom stereocenters. The van der Waals surface area contributed by atoms with Crippen LogP contribution in [0.1, 0.15) is 11.1 Å². The third kappa shape index (κ3) is 1.85. The van der Waals surface area contributed by atoms with E-state index in [2.05, 4.69) is 4.98 Å². The molecular formula is C7H6ClF3N2. The summed E-state index contributed by atoms with van der Waals surface area (Å²) in [6.45, 7) is 1.26. The summed E-state index contributed by atoms with van der Waals surface area (Å²) in [5, 5.41) is -0.106. The Kier molecular flexibility index (Phi) is 2.38. The van der Waals surface area contributed by atoms with E-state index in [1.54, 1.807) is 0 Å². The molecule has 1 aromatic rings. The van der Waals surface area contributed by atoms with Gasteiger partial charge in [0.1, 0.15) is 0 Å². The molecule has 0 aliphatic rings. The van der Waals surface area contributed by atoms with Crippen LogP contribution in [0.15, 0.2) is 6.20 Å². The van der Waals surface area contributed by atoms with Gasteiger partial charge >= 0.3 is 6.18 Å². The SMILES string of the molecule is Cc1c(C(F)(F)F)cnc(Cl)c1N. The molecule has 2 N–H and O–H groups in total. The second kappa shape index (κ2) is 3.06. The normalized spacial score (nSPS) is 11.8. The van der Waals surface area contributed by atoms with E-state index in [0.717, 1.165) is 0 Å². The van der Waals surface area contributed by atoms with Crippen LogP contribution in [0.3, 0.4) is 0 Å². The van der Waals surface area contributed by atoms with E-state index in [0.29, 0.717) is 6.20 Å². The highest BCUT2D eigenvalue weighted by atomic mass is 35.5. The number of alkyl halides is 3. The molecule has 0 amide bonds. The number of hydrogen-bond donors (Lipinski definition) is 1. The van der Waals surface area contributed by atoms with Crippen LogP contribution in [0.2, 0.25) is 5.15 Å². The highest BCUT2D eigenvalue weighted by Crippen LogP contribution is 2.34. The molecule has 0 saturated heterocycles. The number of rotatable bonds is 0. The summed E-state index contributed by atoms with van der Waals surface area (Å²) in [4.78, 5) is 3.33. The van der Waals surface area contributed by atoms with Crippen LogP contribution in [-0.2, 0) is 6.18 Å². The van der Waals surface area contributed by atoms with Crippen LogP contribution in [0.5, 0.6) is 0 Å². The molecule has 2 nitrogen and oxygen atoms in total. The van der Waals surface area contributed by atoms with Crippen molar-refractivity contribution >= 4 is 17.3 Å². The molecule has 0 aromatic carbocycles. The van der Waals surface area contributed by atoms with Crippen molar-refractivity contribution in [2.24, 2.45) is 0 Å². The summed E-state index contributed by atoms with van der Waals surface area (Å²) in [6.07, 6.45) is -3.76. The molecule has 0 aliphatic heterocycles. The van der Waals surface area contributed by atoms with Crippen molar-refractivity contribution in [2.75, 3.05) is 5.73 Å². The number of nitrogen functional groups attached to an aromatic ring is 1. The molecule has 1 heterocycles. The lowest BCUT2D eigenvalue weighted by Crippen LogP contribution is -2.10. The Morgan fingerprint density at radius 3 is 2.46 bits per heavy atom. The molecule has 1 aromatic heterocycles. The summed E-state index contributed by atoms with van der Waals surface area (Å²) < 4.78 is 36.7. The first-order valence-corrected chi connectivity index (χ1v) is 3.69. The highest BCUT2D eigenvalue weighted by Gasteiger charge is 2.33. The number of anilines is 1. The quantitative estimate of drug-likeness (QED) is 0.669. The second-order valence-corrected chi connectivity index (χ2v) is 2.86. The van der Waals surface area contributed by atoms with Crippen molar-refractivity contribution in [1.82, 2.24) is 4.98 Å². The van der Waals surface area contributed by atoms with Crippen LogP contribution in [0.25, 0.3) is 0 Å². The molecule has 1 rings (SSSR count). The maximum absolute atomic E-state index is 12.2. The first kappa shape index (κ1) is 10.1. The molecule has 0 saturated carbocycles. The Morgan fingerprint density at radius 2 is 2.00 bits per heavy atom. The van der Waals surface area contributed by atoms with Gasteiger partial charge in [-0.1, -0.05) is 11.6 Å². The zero-order chi connectivity index (χ0) is 10.2. The van der Waals surface area contributed by atoms with Crippen molar-refractivity contribution in [2.45, 2.75) is 13.1 Å². The van der Waals surface area contributed by atoms with Gasteiger partial charge in [-0.2, -0.15) is 13.2 Å². The van der Waals surface area contributed by atoms with Gasteiger partial charge < -0.3 is 5.73 Å². The molecule has 0 spiro atoms. The molecule has 0 atom stereocenters. The Bertz CT molecular complexity index is 335. The average Bonchev–Trinajstić information content (AvgIpc) is 1.98. The maximum atomic E-state index is 12.2. The van der Waals surface area contributed by atoms with Crippen LogP contribution in [-0.4, -0.2) is 4.98 Å². The predicted octanol–water partition coefficient (Wildman–Crippen LogP) is 2.64. The lowest BCUT2D eigenvalue weighted by atomic mass is 10.1. The fourth-order valence-corrected chi connectivity index (χ4v) is 1.06. The van der Waals surface area contributed by atoms with Crippen LogP contribution < -0.4 is 5.73 Å². The molecule has 0 radical (unpaired) electrons. The topological polar surface area (TPSA) is 38.9 Å². The van der Waals surface area contributed by atoms with Gasteiger partial charge in [-0.15, -0.1) is 0 Å². The molecule has 13 heavy (non-hydrogen) atoms. The Hall–Kier alpha value is -0.970. The molecular weight excluding hydrogens is 205 g/mol. The minimum Gasteiger partial charge on any atom is -0.396 e. The largest absolute Gasteiger partial charge is 0.418 e. The van der Waals surface area contributed by atoms with Gasteiger partial charge in [0.05, 0.1) is 11.3 Å². The molecule has 0 fully saturated rings. The van der Waals surface area contributed by atoms with Gasteiger partial charge in [0.25, 0.3) is 0 Å². The van der Waals surface area contributed by atoms with E-state index in [9.17, 15) is 13.2 Å². The van der Waals surface area contributed by atoms with Crippen LogP contribution in [0, 0.1) is 6.92 Å². The highest BCUT2D eigenvalue weighted by molar-refractivity contribution is 6.32. The van der Waals surface area contributed by atoms with Gasteiger partial charge in [-0.3, -0.25) is 0 Å². The van der Waals surface area contributed by atoms with Gasteiger partial charge in [-0.05, 0) is 12.5 Å². The number of nitrogens with two attached hydrogens (primary N) is 1. The second-order valence-electron chi connectivity index (χ2n) is 2.50. The summed E-state index contributed by atoms with van der Waals surface area (Å²) in [7, 11) is 0. The zero-order valence-electron chi connectivity index (χ0n) is 6.61. The Balaban J connectivity index is 3.35. The number of aromatic nitrogens is 1. The number of pyridine rings is 1. The third-order valence-electron chi connectivity index (χ3n) is 1.64. The number of hydrogen-bond acceptors (Lipinski definition) is 2. The fourth-order valence-electron chi connectivity index (χ4n) is 0.873. The minimum atomic E-state index is -4.43. The number of halogens is 4.